The molecule has 0 spiro atoms. The summed E-state index contributed by atoms with van der Waals surface area (Å²) in [5.41, 5.74) is 1.12. The molecule has 2 aromatic rings. The van der Waals surface area contributed by atoms with Gasteiger partial charge in [-0.3, -0.25) is 4.79 Å². The Kier molecular flexibility index (Phi) is 4.79. The van der Waals surface area contributed by atoms with E-state index in [1.54, 1.807) is 4.90 Å². The molecule has 2 rings (SSSR count). The van der Waals surface area contributed by atoms with Gasteiger partial charge in [0.15, 0.2) is 0 Å². The molecule has 1 aromatic heterocycles. The zero-order chi connectivity index (χ0) is 12.8. The van der Waals surface area contributed by atoms with E-state index in [1.165, 1.54) is 11.3 Å². The predicted molar refractivity (Wildman–Crippen MR) is 76.2 cm³/mol. The lowest BCUT2D eigenvalue weighted by Gasteiger charge is -2.21. The molecule has 0 N–H and O–H groups in total. The van der Waals surface area contributed by atoms with Crippen molar-refractivity contribution in [2.75, 3.05) is 12.4 Å². The summed E-state index contributed by atoms with van der Waals surface area (Å²) in [5, 5.41) is 1.91. The molecular formula is C14H14ClNOS. The summed E-state index contributed by atoms with van der Waals surface area (Å²) >= 11 is 7.24. The molecule has 0 saturated heterocycles. The van der Waals surface area contributed by atoms with Crippen LogP contribution in [-0.2, 0) is 6.54 Å². The van der Waals surface area contributed by atoms with E-state index in [1.807, 2.05) is 47.8 Å². The number of amides is 1. The fourth-order valence-corrected chi connectivity index (χ4v) is 2.61. The second kappa shape index (κ2) is 6.57. The van der Waals surface area contributed by atoms with E-state index >= 15 is 0 Å². The molecule has 0 saturated carbocycles. The predicted octanol–water partition coefficient (Wildman–Crippen LogP) is 3.63. The van der Waals surface area contributed by atoms with Crippen LogP contribution in [0, 0.1) is 0 Å². The lowest BCUT2D eigenvalue weighted by atomic mass is 10.2. The Bertz CT molecular complexity index is 484. The molecule has 1 heterocycles. The zero-order valence-corrected chi connectivity index (χ0v) is 11.5. The van der Waals surface area contributed by atoms with Crippen molar-refractivity contribution in [1.82, 2.24) is 4.90 Å². The third-order valence-electron chi connectivity index (χ3n) is 2.59. The Morgan fingerprint density at radius 1 is 1.17 bits per heavy atom. The number of benzene rings is 1. The first kappa shape index (κ1) is 13.1. The molecule has 1 aromatic carbocycles. The number of nitrogens with zero attached hydrogens (tertiary/aromatic N) is 1. The van der Waals surface area contributed by atoms with Crippen LogP contribution >= 0.6 is 22.9 Å². The van der Waals surface area contributed by atoms with Gasteiger partial charge in [-0.05, 0) is 17.0 Å². The van der Waals surface area contributed by atoms with Crippen LogP contribution in [0.25, 0.3) is 0 Å². The molecule has 0 bridgehead atoms. The summed E-state index contributed by atoms with van der Waals surface area (Å²) in [6, 6.07) is 13.7. The van der Waals surface area contributed by atoms with Gasteiger partial charge < -0.3 is 4.90 Å². The summed E-state index contributed by atoms with van der Waals surface area (Å²) in [6.45, 7) is 1.16. The standard InChI is InChI=1S/C14H14ClNOS/c15-8-9-16(11-12-5-2-1-3-6-12)14(17)13-7-4-10-18-13/h1-7,10H,8-9,11H2. The maximum absolute atomic E-state index is 12.3. The van der Waals surface area contributed by atoms with E-state index in [0.29, 0.717) is 19.0 Å². The van der Waals surface area contributed by atoms with E-state index in [4.69, 9.17) is 11.6 Å². The molecule has 0 unspecified atom stereocenters. The van der Waals surface area contributed by atoms with E-state index in [9.17, 15) is 4.79 Å². The van der Waals surface area contributed by atoms with Crippen molar-refractivity contribution in [3.8, 4) is 0 Å². The van der Waals surface area contributed by atoms with E-state index in [-0.39, 0.29) is 5.91 Å². The van der Waals surface area contributed by atoms with Crippen LogP contribution in [-0.4, -0.2) is 23.2 Å². The highest BCUT2D eigenvalue weighted by atomic mass is 35.5. The number of rotatable bonds is 5. The average Bonchev–Trinajstić information content (AvgIpc) is 2.92. The van der Waals surface area contributed by atoms with Gasteiger partial charge in [0.25, 0.3) is 5.91 Å². The third kappa shape index (κ3) is 3.34. The molecule has 0 radical (unpaired) electrons. The van der Waals surface area contributed by atoms with Gasteiger partial charge in [-0.25, -0.2) is 0 Å². The van der Waals surface area contributed by atoms with Gasteiger partial charge in [0.05, 0.1) is 4.88 Å². The Morgan fingerprint density at radius 3 is 2.56 bits per heavy atom. The molecule has 2 nitrogen and oxygen atoms in total. The molecule has 0 atom stereocenters. The van der Waals surface area contributed by atoms with Gasteiger partial charge in [0.1, 0.15) is 0 Å². The molecule has 0 aliphatic heterocycles. The Labute approximate surface area is 116 Å². The van der Waals surface area contributed by atoms with Crippen molar-refractivity contribution in [3.63, 3.8) is 0 Å². The number of alkyl halides is 1. The van der Waals surface area contributed by atoms with Crippen LogP contribution in [0.15, 0.2) is 47.8 Å². The quantitative estimate of drug-likeness (QED) is 0.766. The van der Waals surface area contributed by atoms with Crippen molar-refractivity contribution in [2.45, 2.75) is 6.54 Å². The maximum Gasteiger partial charge on any atom is 0.264 e. The van der Waals surface area contributed by atoms with Crippen LogP contribution < -0.4 is 0 Å². The van der Waals surface area contributed by atoms with Crippen LogP contribution in [0.5, 0.6) is 0 Å². The number of hydrogen-bond donors (Lipinski definition) is 0. The monoisotopic (exact) mass is 279 g/mol. The van der Waals surface area contributed by atoms with Gasteiger partial charge in [0.2, 0.25) is 0 Å². The van der Waals surface area contributed by atoms with E-state index < -0.39 is 0 Å². The Hall–Kier alpha value is -1.32. The lowest BCUT2D eigenvalue weighted by Crippen LogP contribution is -2.31. The highest BCUT2D eigenvalue weighted by Crippen LogP contribution is 2.14. The smallest absolute Gasteiger partial charge is 0.264 e. The van der Waals surface area contributed by atoms with Crippen LogP contribution in [0.4, 0.5) is 0 Å². The third-order valence-corrected chi connectivity index (χ3v) is 3.62. The van der Waals surface area contributed by atoms with Crippen molar-refractivity contribution in [2.24, 2.45) is 0 Å². The second-order valence-electron chi connectivity index (χ2n) is 3.88. The first-order valence-electron chi connectivity index (χ1n) is 5.74. The zero-order valence-electron chi connectivity index (χ0n) is 9.88. The normalized spacial score (nSPS) is 10.3. The second-order valence-corrected chi connectivity index (χ2v) is 5.20. The van der Waals surface area contributed by atoms with E-state index in [0.717, 1.165) is 10.4 Å². The minimum absolute atomic E-state index is 0.0505. The van der Waals surface area contributed by atoms with Crippen LogP contribution in [0.1, 0.15) is 15.2 Å². The molecule has 0 aliphatic rings. The molecule has 18 heavy (non-hydrogen) atoms. The number of thiophene rings is 1. The van der Waals surface area contributed by atoms with Gasteiger partial charge >= 0.3 is 0 Å². The first-order chi connectivity index (χ1) is 8.81. The number of carbonyl (C=O) groups is 1. The molecule has 94 valence electrons. The molecule has 0 fully saturated rings. The van der Waals surface area contributed by atoms with Gasteiger partial charge in [-0.1, -0.05) is 36.4 Å². The molecule has 4 heteroatoms. The lowest BCUT2D eigenvalue weighted by molar-refractivity contribution is 0.0758. The highest BCUT2D eigenvalue weighted by Gasteiger charge is 2.16. The van der Waals surface area contributed by atoms with Crippen molar-refractivity contribution in [3.05, 3.63) is 58.3 Å². The number of halogens is 1. The molecule has 1 amide bonds. The van der Waals surface area contributed by atoms with Crippen molar-refractivity contribution in [1.29, 1.82) is 0 Å². The minimum Gasteiger partial charge on any atom is -0.332 e. The molecular weight excluding hydrogens is 266 g/mol. The molecule has 0 aliphatic carbocycles. The SMILES string of the molecule is O=C(c1cccs1)N(CCCl)Cc1ccccc1. The fraction of sp³-hybridized carbons (Fsp3) is 0.214. The Morgan fingerprint density at radius 2 is 1.94 bits per heavy atom. The van der Waals surface area contributed by atoms with Gasteiger partial charge in [-0.2, -0.15) is 0 Å². The Balaban J connectivity index is 2.11. The average molecular weight is 280 g/mol. The summed E-state index contributed by atoms with van der Waals surface area (Å²) < 4.78 is 0. The van der Waals surface area contributed by atoms with E-state index in [2.05, 4.69) is 0 Å². The highest BCUT2D eigenvalue weighted by molar-refractivity contribution is 7.12. The fourth-order valence-electron chi connectivity index (χ4n) is 1.71. The first-order valence-corrected chi connectivity index (χ1v) is 7.15. The summed E-state index contributed by atoms with van der Waals surface area (Å²) in [7, 11) is 0. The summed E-state index contributed by atoms with van der Waals surface area (Å²) in [6.07, 6.45) is 0. The number of carbonyl (C=O) groups excluding carboxylic acids is 1. The summed E-state index contributed by atoms with van der Waals surface area (Å²) in [4.78, 5) is 14.8. The minimum atomic E-state index is 0.0505. The maximum atomic E-state index is 12.3. The summed E-state index contributed by atoms with van der Waals surface area (Å²) in [5.74, 6) is 0.499. The topological polar surface area (TPSA) is 20.3 Å². The van der Waals surface area contributed by atoms with Crippen LogP contribution in [0.3, 0.4) is 0 Å². The largest absolute Gasteiger partial charge is 0.332 e. The van der Waals surface area contributed by atoms with Crippen LogP contribution in [0.2, 0.25) is 0 Å². The van der Waals surface area contributed by atoms with Crippen molar-refractivity contribution < 1.29 is 4.79 Å². The van der Waals surface area contributed by atoms with Gasteiger partial charge in [-0.15, -0.1) is 22.9 Å². The van der Waals surface area contributed by atoms with Crippen molar-refractivity contribution >= 4 is 28.8 Å². The number of hydrogen-bond acceptors (Lipinski definition) is 2. The van der Waals surface area contributed by atoms with Gasteiger partial charge in [0, 0.05) is 19.0 Å².